The van der Waals surface area contributed by atoms with Gasteiger partial charge in [0.15, 0.2) is 6.20 Å². The van der Waals surface area contributed by atoms with Crippen molar-refractivity contribution in [2.75, 3.05) is 0 Å². The fourth-order valence-corrected chi connectivity index (χ4v) is 5.62. The number of pyridine rings is 1. The zero-order valence-electron chi connectivity index (χ0n) is 30.9. The minimum Gasteiger partial charge on any atom is -0.454 e. The molecule has 3 aromatic carbocycles. The van der Waals surface area contributed by atoms with E-state index in [1.807, 2.05) is 36.7 Å². The molecule has 5 aromatic rings. The van der Waals surface area contributed by atoms with Crippen LogP contribution in [0.5, 0.6) is 0 Å². The smallest absolute Gasteiger partial charge is 0.216 e. The highest BCUT2D eigenvalue weighted by Gasteiger charge is 2.24. The predicted octanol–water partition coefficient (Wildman–Crippen LogP) is 9.53. The van der Waals surface area contributed by atoms with Gasteiger partial charge in [0.1, 0.15) is 18.2 Å². The zero-order chi connectivity index (χ0) is 33.5. The number of fused-ring (bicyclic) bond motifs is 3. The molecule has 2 heterocycles. The first-order valence-corrected chi connectivity index (χ1v) is 13.1. The highest BCUT2D eigenvalue weighted by atomic mass is 16.3. The Morgan fingerprint density at radius 3 is 2.49 bits per heavy atom. The molecule has 0 atom stereocenters. The second-order valence-corrected chi connectivity index (χ2v) is 10.4. The topological polar surface area (TPSA) is 17.0 Å². The highest BCUT2D eigenvalue weighted by Crippen LogP contribution is 2.41. The summed E-state index contributed by atoms with van der Waals surface area (Å²) in [6.45, 7) is 2.81. The lowest BCUT2D eigenvalue weighted by Crippen LogP contribution is -2.32. The third-order valence-electron chi connectivity index (χ3n) is 7.65. The van der Waals surface area contributed by atoms with Crippen molar-refractivity contribution in [3.8, 4) is 22.4 Å². The van der Waals surface area contributed by atoms with Crippen molar-refractivity contribution in [3.63, 3.8) is 0 Å². The molecule has 0 bridgehead atoms. The molecular weight excluding hydrogens is 450 g/mol. The standard InChI is InChI=1S/C35H38NO/c1-22(2)31-21-36(5)32(20-24(31)4)33-23(3)14-19-30-29-13-9-12-28(34(29)37-35(30)33)27-17-15-26(16-18-27)25-10-7-6-8-11-25/h9,12-22,25H,6-8,10-11H2,1-5H3/q+1/i4D3,15D,16D,17D,18D,22D,25D. The number of nitrogens with zero attached hydrogens (tertiary/aromatic N) is 1. The van der Waals surface area contributed by atoms with Crippen molar-refractivity contribution in [3.05, 3.63) is 89.0 Å². The van der Waals surface area contributed by atoms with Gasteiger partial charge in [0.2, 0.25) is 5.69 Å². The Bertz CT molecular complexity index is 2000. The van der Waals surface area contributed by atoms with E-state index in [2.05, 4.69) is 0 Å². The number of furan rings is 1. The van der Waals surface area contributed by atoms with Gasteiger partial charge in [-0.05, 0) is 60.7 Å². The maximum atomic E-state index is 9.09. The summed E-state index contributed by atoms with van der Waals surface area (Å²) in [5, 5.41) is 1.48. The summed E-state index contributed by atoms with van der Waals surface area (Å²) in [4.78, 5) is 0. The summed E-state index contributed by atoms with van der Waals surface area (Å²) >= 11 is 0. The lowest BCUT2D eigenvalue weighted by atomic mass is 9.83. The lowest BCUT2D eigenvalue weighted by molar-refractivity contribution is -0.660. The number of hydrogen-bond acceptors (Lipinski definition) is 1. The number of aryl methyl sites for hydroxylation is 3. The van der Waals surface area contributed by atoms with Crippen LogP contribution in [0.3, 0.4) is 0 Å². The van der Waals surface area contributed by atoms with Gasteiger partial charge in [-0.25, -0.2) is 4.57 Å². The van der Waals surface area contributed by atoms with Crippen molar-refractivity contribution in [2.45, 2.75) is 71.5 Å². The van der Waals surface area contributed by atoms with Gasteiger partial charge in [-0.1, -0.05) is 87.6 Å². The fourth-order valence-electron chi connectivity index (χ4n) is 5.62. The Balaban J connectivity index is 1.63. The Kier molecular flexibility index (Phi) is 4.04. The van der Waals surface area contributed by atoms with Crippen LogP contribution in [0.2, 0.25) is 0 Å². The van der Waals surface area contributed by atoms with Gasteiger partial charge in [-0.3, -0.25) is 0 Å². The molecule has 0 unspecified atom stereocenters. The molecule has 0 saturated heterocycles. The van der Waals surface area contributed by atoms with Gasteiger partial charge in [-0.2, -0.15) is 0 Å². The SMILES string of the molecule is [2H]c1c([2H])c(C2([2H])CCCCC2)c([2H])c([2H])c1-c1cccc2c1oc1c(-c3cc(C([2H])([2H])[2H])c(C([2H])(C)C)c[n+]3C)c(C)ccc12. The first kappa shape index (κ1) is 15.8. The Morgan fingerprint density at radius 2 is 1.76 bits per heavy atom. The summed E-state index contributed by atoms with van der Waals surface area (Å²) in [6.07, 6.45) is 5.35. The third kappa shape index (κ3) is 4.17. The molecule has 0 radical (unpaired) electrons. The number of benzene rings is 3. The summed E-state index contributed by atoms with van der Waals surface area (Å²) < 4.78 is 86.8. The molecule has 2 aromatic heterocycles. The molecule has 1 fully saturated rings. The van der Waals surface area contributed by atoms with E-state index in [4.69, 9.17) is 16.8 Å². The van der Waals surface area contributed by atoms with Crippen LogP contribution in [0.25, 0.3) is 44.3 Å². The molecule has 188 valence electrons. The van der Waals surface area contributed by atoms with Gasteiger partial charge in [-0.15, -0.1) is 0 Å². The molecule has 1 aliphatic carbocycles. The van der Waals surface area contributed by atoms with E-state index >= 15 is 0 Å². The second-order valence-electron chi connectivity index (χ2n) is 10.4. The minimum absolute atomic E-state index is 0.0997. The van der Waals surface area contributed by atoms with Gasteiger partial charge < -0.3 is 4.42 Å². The monoisotopic (exact) mass is 497 g/mol. The van der Waals surface area contributed by atoms with Crippen LogP contribution < -0.4 is 4.57 Å². The molecule has 1 saturated carbocycles. The largest absolute Gasteiger partial charge is 0.454 e. The van der Waals surface area contributed by atoms with Crippen molar-refractivity contribution >= 4 is 21.9 Å². The molecule has 0 N–H and O–H groups in total. The summed E-state index contributed by atoms with van der Waals surface area (Å²) in [7, 11) is 1.82. The quantitative estimate of drug-likeness (QED) is 0.226. The number of rotatable bonds is 4. The zero-order valence-corrected chi connectivity index (χ0v) is 21.9. The van der Waals surface area contributed by atoms with E-state index in [1.165, 1.54) is 0 Å². The van der Waals surface area contributed by atoms with E-state index < -0.39 is 18.6 Å². The van der Waals surface area contributed by atoms with Crippen LogP contribution in [0.15, 0.2) is 71.2 Å². The summed E-state index contributed by atoms with van der Waals surface area (Å²) in [6, 6.07) is 10.2. The molecule has 2 nitrogen and oxygen atoms in total. The average Bonchev–Trinajstić information content (AvgIpc) is 3.35. The van der Waals surface area contributed by atoms with Gasteiger partial charge in [0.25, 0.3) is 0 Å². The van der Waals surface area contributed by atoms with Gasteiger partial charge >= 0.3 is 0 Å². The average molecular weight is 498 g/mol. The molecule has 1 aliphatic rings. The number of aromatic nitrogens is 1. The molecule has 37 heavy (non-hydrogen) atoms. The highest BCUT2D eigenvalue weighted by molar-refractivity contribution is 6.13. The van der Waals surface area contributed by atoms with Crippen molar-refractivity contribution in [2.24, 2.45) is 7.05 Å². The van der Waals surface area contributed by atoms with E-state index in [0.29, 0.717) is 46.4 Å². The number of para-hydroxylation sites is 1. The third-order valence-corrected chi connectivity index (χ3v) is 7.65. The maximum Gasteiger partial charge on any atom is 0.216 e. The molecule has 0 aliphatic heterocycles. The minimum atomic E-state index is -2.45. The lowest BCUT2D eigenvalue weighted by Gasteiger charge is -2.22. The van der Waals surface area contributed by atoms with E-state index in [1.54, 1.807) is 38.2 Å². The van der Waals surface area contributed by atoms with Gasteiger partial charge in [0, 0.05) is 34.8 Å². The van der Waals surface area contributed by atoms with Crippen LogP contribution in [0, 0.1) is 13.8 Å². The van der Waals surface area contributed by atoms with Crippen LogP contribution >= 0.6 is 0 Å². The molecule has 0 amide bonds. The second kappa shape index (κ2) is 9.49. The first-order chi connectivity index (χ1) is 21.5. The van der Waals surface area contributed by atoms with Gasteiger partial charge in [0.05, 0.1) is 11.0 Å². The Morgan fingerprint density at radius 1 is 1.00 bits per heavy atom. The summed E-state index contributed by atoms with van der Waals surface area (Å²) in [5.74, 6) is -2.29. The summed E-state index contributed by atoms with van der Waals surface area (Å²) in [5.41, 5.74) is 4.26. The van der Waals surface area contributed by atoms with Crippen LogP contribution in [-0.2, 0) is 7.05 Å². The predicted molar refractivity (Wildman–Crippen MR) is 155 cm³/mol. The molecule has 6 rings (SSSR count). The van der Waals surface area contributed by atoms with Crippen molar-refractivity contribution in [1.82, 2.24) is 0 Å². The molecular formula is C35H38NO+. The normalized spacial score (nSPS) is 19.7. The van der Waals surface area contributed by atoms with E-state index in [9.17, 15) is 0 Å². The van der Waals surface area contributed by atoms with E-state index in [0.717, 1.165) is 35.6 Å². The molecule has 2 heteroatoms. The van der Waals surface area contributed by atoms with E-state index in [-0.39, 0.29) is 40.9 Å². The van der Waals surface area contributed by atoms with Crippen LogP contribution in [0.4, 0.5) is 0 Å². The van der Waals surface area contributed by atoms with Crippen LogP contribution in [-0.4, -0.2) is 0 Å². The maximum absolute atomic E-state index is 9.09. The Labute approximate surface area is 233 Å². The Hall–Kier alpha value is -3.39. The van der Waals surface area contributed by atoms with Crippen molar-refractivity contribution < 1.29 is 21.3 Å². The molecule has 0 spiro atoms. The first-order valence-electron chi connectivity index (χ1n) is 17.6. The van der Waals surface area contributed by atoms with Crippen LogP contribution in [0.1, 0.15) is 92.3 Å². The fraction of sp³-hybridized carbons (Fsp3) is 0.343. The number of hydrogen-bond donors (Lipinski definition) is 0. The van der Waals surface area contributed by atoms with Crippen molar-refractivity contribution in [1.29, 1.82) is 0 Å².